The van der Waals surface area contributed by atoms with Gasteiger partial charge in [0, 0.05) is 30.7 Å². The molecule has 96 valence electrons. The summed E-state index contributed by atoms with van der Waals surface area (Å²) in [7, 11) is 0. The average Bonchev–Trinajstić information content (AvgIpc) is 2.40. The van der Waals surface area contributed by atoms with Crippen molar-refractivity contribution in [2.24, 2.45) is 0 Å². The van der Waals surface area contributed by atoms with Crippen molar-refractivity contribution in [2.75, 3.05) is 44.7 Å². The highest BCUT2D eigenvalue weighted by molar-refractivity contribution is 9.10. The lowest BCUT2D eigenvalue weighted by Gasteiger charge is -2.26. The van der Waals surface area contributed by atoms with E-state index < -0.39 is 0 Å². The van der Waals surface area contributed by atoms with Crippen molar-refractivity contribution >= 4 is 21.6 Å². The zero-order valence-electron chi connectivity index (χ0n) is 10.2. The minimum absolute atomic E-state index is 0.681. The summed E-state index contributed by atoms with van der Waals surface area (Å²) >= 11 is 3.42. The lowest BCUT2D eigenvalue weighted by molar-refractivity contribution is 0.0398. The number of hydrogen-bond acceptors (Lipinski definition) is 4. The number of rotatable bonds is 4. The van der Waals surface area contributed by atoms with E-state index in [9.17, 15) is 0 Å². The highest BCUT2D eigenvalue weighted by atomic mass is 79.9. The maximum absolute atomic E-state index is 9.03. The minimum atomic E-state index is 0.681. The predicted octanol–water partition coefficient (Wildman–Crippen LogP) is 2.06. The highest BCUT2D eigenvalue weighted by Gasteiger charge is 2.09. The van der Waals surface area contributed by atoms with Crippen molar-refractivity contribution in [1.29, 1.82) is 5.26 Å². The van der Waals surface area contributed by atoms with Gasteiger partial charge in [-0.05, 0) is 18.2 Å². The van der Waals surface area contributed by atoms with Gasteiger partial charge in [0.05, 0.1) is 24.5 Å². The van der Waals surface area contributed by atoms with Crippen molar-refractivity contribution in [2.45, 2.75) is 0 Å². The van der Waals surface area contributed by atoms with Gasteiger partial charge in [0.25, 0.3) is 0 Å². The fraction of sp³-hybridized carbons (Fsp3) is 0.462. The van der Waals surface area contributed by atoms with Gasteiger partial charge in [-0.15, -0.1) is 0 Å². The Bertz CT molecular complexity index is 438. The van der Waals surface area contributed by atoms with E-state index in [1.54, 1.807) is 0 Å². The predicted molar refractivity (Wildman–Crippen MR) is 74.6 cm³/mol. The monoisotopic (exact) mass is 309 g/mol. The maximum atomic E-state index is 9.03. The van der Waals surface area contributed by atoms with Crippen molar-refractivity contribution in [1.82, 2.24) is 4.90 Å². The molecule has 0 aromatic heterocycles. The molecule has 0 atom stereocenters. The van der Waals surface area contributed by atoms with Crippen LogP contribution >= 0.6 is 15.9 Å². The third kappa shape index (κ3) is 3.70. The molecule has 4 nitrogen and oxygen atoms in total. The number of morpholine rings is 1. The SMILES string of the molecule is N#Cc1ccc(Br)cc1NCCN1CCOCC1. The molecule has 0 radical (unpaired) electrons. The van der Waals surface area contributed by atoms with Crippen molar-refractivity contribution in [3.05, 3.63) is 28.2 Å². The van der Waals surface area contributed by atoms with Crippen LogP contribution in [-0.2, 0) is 4.74 Å². The van der Waals surface area contributed by atoms with Crippen LogP contribution in [0.5, 0.6) is 0 Å². The van der Waals surface area contributed by atoms with Gasteiger partial charge in [-0.2, -0.15) is 5.26 Å². The van der Waals surface area contributed by atoms with Crippen LogP contribution in [0.4, 0.5) is 5.69 Å². The molecule has 2 rings (SSSR count). The second-order valence-corrected chi connectivity index (χ2v) is 5.10. The first-order valence-corrected chi connectivity index (χ1v) is 6.82. The Morgan fingerprint density at radius 1 is 1.39 bits per heavy atom. The van der Waals surface area contributed by atoms with E-state index in [1.807, 2.05) is 18.2 Å². The fourth-order valence-corrected chi connectivity index (χ4v) is 2.29. The number of nitrogens with zero attached hydrogens (tertiary/aromatic N) is 2. The zero-order valence-corrected chi connectivity index (χ0v) is 11.7. The van der Waals surface area contributed by atoms with Gasteiger partial charge in [-0.3, -0.25) is 4.90 Å². The second kappa shape index (κ2) is 6.74. The molecule has 0 saturated carbocycles. The first-order valence-electron chi connectivity index (χ1n) is 6.03. The van der Waals surface area contributed by atoms with Gasteiger partial charge in [-0.1, -0.05) is 15.9 Å². The number of nitriles is 1. The molecule has 0 bridgehead atoms. The third-order valence-corrected chi connectivity index (χ3v) is 3.44. The molecule has 1 aromatic carbocycles. The quantitative estimate of drug-likeness (QED) is 0.925. The summed E-state index contributed by atoms with van der Waals surface area (Å²) in [6, 6.07) is 7.84. The van der Waals surface area contributed by atoms with Crippen LogP contribution < -0.4 is 5.32 Å². The Balaban J connectivity index is 1.86. The minimum Gasteiger partial charge on any atom is -0.383 e. The van der Waals surface area contributed by atoms with Gasteiger partial charge in [0.1, 0.15) is 6.07 Å². The maximum Gasteiger partial charge on any atom is 0.101 e. The van der Waals surface area contributed by atoms with E-state index in [2.05, 4.69) is 32.2 Å². The van der Waals surface area contributed by atoms with Crippen molar-refractivity contribution in [3.63, 3.8) is 0 Å². The number of hydrogen-bond donors (Lipinski definition) is 1. The molecule has 1 N–H and O–H groups in total. The van der Waals surface area contributed by atoms with E-state index in [0.29, 0.717) is 5.56 Å². The van der Waals surface area contributed by atoms with Crippen LogP contribution in [0.3, 0.4) is 0 Å². The molecule has 0 amide bonds. The van der Waals surface area contributed by atoms with E-state index >= 15 is 0 Å². The molecule has 0 aliphatic carbocycles. The molecule has 0 unspecified atom stereocenters. The molecule has 1 saturated heterocycles. The Morgan fingerprint density at radius 2 is 2.17 bits per heavy atom. The first-order chi connectivity index (χ1) is 8.79. The molecule has 1 aromatic rings. The van der Waals surface area contributed by atoms with Gasteiger partial charge in [0.15, 0.2) is 0 Å². The Hall–Kier alpha value is -1.09. The molecule has 18 heavy (non-hydrogen) atoms. The number of benzene rings is 1. The Labute approximate surface area is 116 Å². The van der Waals surface area contributed by atoms with Gasteiger partial charge in [-0.25, -0.2) is 0 Å². The Morgan fingerprint density at radius 3 is 2.89 bits per heavy atom. The summed E-state index contributed by atoms with van der Waals surface area (Å²) < 4.78 is 6.29. The summed E-state index contributed by atoms with van der Waals surface area (Å²) in [5.74, 6) is 0. The van der Waals surface area contributed by atoms with Gasteiger partial charge >= 0.3 is 0 Å². The lowest BCUT2D eigenvalue weighted by Crippen LogP contribution is -2.39. The Kier molecular flexibility index (Phi) is 5.00. The number of nitrogens with one attached hydrogen (secondary N) is 1. The smallest absolute Gasteiger partial charge is 0.101 e. The topological polar surface area (TPSA) is 48.3 Å². The van der Waals surface area contributed by atoms with Crippen molar-refractivity contribution in [3.8, 4) is 6.07 Å². The lowest BCUT2D eigenvalue weighted by atomic mass is 10.2. The van der Waals surface area contributed by atoms with Gasteiger partial charge in [0.2, 0.25) is 0 Å². The summed E-state index contributed by atoms with van der Waals surface area (Å²) in [5.41, 5.74) is 1.57. The van der Waals surface area contributed by atoms with Crippen LogP contribution in [0.25, 0.3) is 0 Å². The summed E-state index contributed by atoms with van der Waals surface area (Å²) in [6.07, 6.45) is 0. The van der Waals surface area contributed by atoms with Crippen molar-refractivity contribution < 1.29 is 4.74 Å². The molecular weight excluding hydrogens is 294 g/mol. The molecule has 1 aliphatic rings. The molecule has 1 heterocycles. The first kappa shape index (κ1) is 13.3. The fourth-order valence-electron chi connectivity index (χ4n) is 1.93. The van der Waals surface area contributed by atoms with E-state index in [-0.39, 0.29) is 0 Å². The van der Waals surface area contributed by atoms with Gasteiger partial charge < -0.3 is 10.1 Å². The number of halogens is 1. The molecule has 1 aliphatic heterocycles. The average molecular weight is 310 g/mol. The summed E-state index contributed by atoms with van der Waals surface area (Å²) in [6.45, 7) is 5.43. The molecular formula is C13H16BrN3O. The van der Waals surface area contributed by atoms with Crippen LogP contribution in [0.2, 0.25) is 0 Å². The van der Waals surface area contributed by atoms with Crippen LogP contribution in [0, 0.1) is 11.3 Å². The number of anilines is 1. The second-order valence-electron chi connectivity index (χ2n) is 4.18. The standard InChI is InChI=1S/C13H16BrN3O/c14-12-2-1-11(10-15)13(9-12)16-3-4-17-5-7-18-8-6-17/h1-2,9,16H,3-8H2. The normalized spacial score (nSPS) is 16.2. The summed E-state index contributed by atoms with van der Waals surface area (Å²) in [5, 5.41) is 12.3. The third-order valence-electron chi connectivity index (χ3n) is 2.95. The van der Waals surface area contributed by atoms with Crippen LogP contribution in [-0.4, -0.2) is 44.3 Å². The largest absolute Gasteiger partial charge is 0.383 e. The molecule has 1 fully saturated rings. The highest BCUT2D eigenvalue weighted by Crippen LogP contribution is 2.20. The van der Waals surface area contributed by atoms with Crippen LogP contribution in [0.1, 0.15) is 5.56 Å². The van der Waals surface area contributed by atoms with E-state index in [4.69, 9.17) is 10.00 Å². The molecule has 0 spiro atoms. The zero-order chi connectivity index (χ0) is 12.8. The van der Waals surface area contributed by atoms with E-state index in [1.165, 1.54) is 0 Å². The molecule has 5 heteroatoms. The van der Waals surface area contributed by atoms with Crippen LogP contribution in [0.15, 0.2) is 22.7 Å². The summed E-state index contributed by atoms with van der Waals surface area (Å²) in [4.78, 5) is 2.36. The van der Waals surface area contributed by atoms with E-state index in [0.717, 1.165) is 49.6 Å². The number of ether oxygens (including phenoxy) is 1.